The Bertz CT molecular complexity index is 808. The minimum absolute atomic E-state index is 0.00583. The Labute approximate surface area is 155 Å². The van der Waals surface area contributed by atoms with Crippen LogP contribution in [0.1, 0.15) is 34.8 Å². The van der Waals surface area contributed by atoms with E-state index in [0.29, 0.717) is 6.61 Å². The average molecular weight is 344 g/mol. The van der Waals surface area contributed by atoms with Gasteiger partial charge in [0.15, 0.2) is 5.78 Å². The van der Waals surface area contributed by atoms with Gasteiger partial charge in [0.1, 0.15) is 12.4 Å². The van der Waals surface area contributed by atoms with Crippen molar-refractivity contribution in [3.63, 3.8) is 0 Å². The molecule has 3 rings (SSSR count). The standard InChI is InChI=1S/C24H24O2/c1-19(12-13-20-8-4-2-5-9-20)24(25)22-14-16-23(17-15-22)26-18-21-10-6-3-7-11-21/h2-11,14-17,19H,12-13,18H2,1H3. The van der Waals surface area contributed by atoms with Crippen molar-refractivity contribution in [2.45, 2.75) is 26.4 Å². The highest BCUT2D eigenvalue weighted by molar-refractivity contribution is 5.97. The number of Topliss-reactive ketones (excluding diaryl/α,β-unsaturated/α-hetero) is 1. The molecule has 0 fully saturated rings. The van der Waals surface area contributed by atoms with Gasteiger partial charge in [0.25, 0.3) is 0 Å². The van der Waals surface area contributed by atoms with E-state index in [0.717, 1.165) is 29.7 Å². The number of rotatable bonds is 8. The second-order valence-electron chi connectivity index (χ2n) is 6.59. The molecule has 2 heteroatoms. The highest BCUT2D eigenvalue weighted by Crippen LogP contribution is 2.19. The smallest absolute Gasteiger partial charge is 0.165 e. The molecule has 0 aliphatic heterocycles. The lowest BCUT2D eigenvalue weighted by molar-refractivity contribution is 0.0924. The van der Waals surface area contributed by atoms with E-state index in [-0.39, 0.29) is 11.7 Å². The quantitative estimate of drug-likeness (QED) is 0.489. The lowest BCUT2D eigenvalue weighted by atomic mass is 9.93. The first-order chi connectivity index (χ1) is 12.7. The molecule has 132 valence electrons. The molecule has 0 aliphatic carbocycles. The van der Waals surface area contributed by atoms with Gasteiger partial charge in [-0.05, 0) is 48.2 Å². The zero-order valence-corrected chi connectivity index (χ0v) is 15.1. The molecular formula is C24H24O2. The number of ether oxygens (including phenoxy) is 1. The van der Waals surface area contributed by atoms with Crippen LogP contribution in [0.2, 0.25) is 0 Å². The van der Waals surface area contributed by atoms with Crippen molar-refractivity contribution in [2.75, 3.05) is 0 Å². The zero-order chi connectivity index (χ0) is 18.2. The summed E-state index contributed by atoms with van der Waals surface area (Å²) in [6.07, 6.45) is 1.78. The van der Waals surface area contributed by atoms with E-state index in [4.69, 9.17) is 4.74 Å². The molecule has 0 heterocycles. The van der Waals surface area contributed by atoms with Gasteiger partial charge in [-0.2, -0.15) is 0 Å². The molecule has 0 spiro atoms. The molecule has 0 saturated heterocycles. The number of hydrogen-bond donors (Lipinski definition) is 0. The fourth-order valence-corrected chi connectivity index (χ4v) is 2.90. The van der Waals surface area contributed by atoms with Gasteiger partial charge in [-0.3, -0.25) is 4.79 Å². The van der Waals surface area contributed by atoms with E-state index < -0.39 is 0 Å². The van der Waals surface area contributed by atoms with Crippen LogP contribution in [0.5, 0.6) is 5.75 Å². The lowest BCUT2D eigenvalue weighted by Crippen LogP contribution is -2.12. The van der Waals surface area contributed by atoms with Gasteiger partial charge in [-0.1, -0.05) is 67.6 Å². The maximum absolute atomic E-state index is 12.6. The number of carbonyl (C=O) groups is 1. The predicted molar refractivity (Wildman–Crippen MR) is 105 cm³/mol. The fraction of sp³-hybridized carbons (Fsp3) is 0.208. The van der Waals surface area contributed by atoms with Crippen LogP contribution in [0.3, 0.4) is 0 Å². The minimum atomic E-state index is 0.00583. The van der Waals surface area contributed by atoms with Gasteiger partial charge in [-0.25, -0.2) is 0 Å². The van der Waals surface area contributed by atoms with E-state index >= 15 is 0 Å². The number of hydrogen-bond acceptors (Lipinski definition) is 2. The van der Waals surface area contributed by atoms with E-state index in [1.165, 1.54) is 5.56 Å². The van der Waals surface area contributed by atoms with Crippen LogP contribution >= 0.6 is 0 Å². The summed E-state index contributed by atoms with van der Waals surface area (Å²) in [5.41, 5.74) is 3.15. The number of benzene rings is 3. The molecular weight excluding hydrogens is 320 g/mol. The molecule has 0 saturated carbocycles. The van der Waals surface area contributed by atoms with Crippen molar-refractivity contribution in [1.29, 1.82) is 0 Å². The third kappa shape index (κ3) is 5.06. The zero-order valence-electron chi connectivity index (χ0n) is 15.1. The monoisotopic (exact) mass is 344 g/mol. The topological polar surface area (TPSA) is 26.3 Å². The van der Waals surface area contributed by atoms with Gasteiger partial charge in [0.2, 0.25) is 0 Å². The first kappa shape index (κ1) is 17.9. The molecule has 0 aromatic heterocycles. The second kappa shape index (κ2) is 9.00. The van der Waals surface area contributed by atoms with Crippen molar-refractivity contribution < 1.29 is 9.53 Å². The maximum Gasteiger partial charge on any atom is 0.165 e. The Hall–Kier alpha value is -2.87. The van der Waals surface area contributed by atoms with E-state index in [1.54, 1.807) is 0 Å². The van der Waals surface area contributed by atoms with E-state index in [1.807, 2.05) is 79.7 Å². The summed E-state index contributed by atoms with van der Waals surface area (Å²) in [4.78, 5) is 12.6. The molecule has 0 aliphatic rings. The van der Waals surface area contributed by atoms with Gasteiger partial charge >= 0.3 is 0 Å². The number of ketones is 1. The molecule has 1 unspecified atom stereocenters. The molecule has 2 nitrogen and oxygen atoms in total. The molecule has 0 amide bonds. The normalized spacial score (nSPS) is 11.7. The first-order valence-electron chi connectivity index (χ1n) is 9.07. The fourth-order valence-electron chi connectivity index (χ4n) is 2.90. The van der Waals surface area contributed by atoms with E-state index in [9.17, 15) is 4.79 Å². The van der Waals surface area contributed by atoms with Crippen LogP contribution in [0.15, 0.2) is 84.9 Å². The third-order valence-corrected chi connectivity index (χ3v) is 4.54. The Balaban J connectivity index is 1.52. The van der Waals surface area contributed by atoms with Crippen LogP contribution in [0.4, 0.5) is 0 Å². The van der Waals surface area contributed by atoms with Crippen molar-refractivity contribution >= 4 is 5.78 Å². The minimum Gasteiger partial charge on any atom is -0.489 e. The summed E-state index contributed by atoms with van der Waals surface area (Å²) in [6, 6.07) is 27.8. The van der Waals surface area contributed by atoms with Crippen molar-refractivity contribution in [3.05, 3.63) is 102 Å². The van der Waals surface area contributed by atoms with Gasteiger partial charge in [-0.15, -0.1) is 0 Å². The predicted octanol–water partition coefficient (Wildman–Crippen LogP) is 5.72. The highest BCUT2D eigenvalue weighted by atomic mass is 16.5. The average Bonchev–Trinajstić information content (AvgIpc) is 2.72. The van der Waals surface area contributed by atoms with Crippen LogP contribution in [0.25, 0.3) is 0 Å². The van der Waals surface area contributed by atoms with Crippen LogP contribution in [0, 0.1) is 5.92 Å². The van der Waals surface area contributed by atoms with Crippen LogP contribution < -0.4 is 4.74 Å². The summed E-state index contributed by atoms with van der Waals surface area (Å²) in [6.45, 7) is 2.53. The summed E-state index contributed by atoms with van der Waals surface area (Å²) in [7, 11) is 0. The largest absolute Gasteiger partial charge is 0.489 e. The molecule has 0 bridgehead atoms. The molecule has 1 atom stereocenters. The third-order valence-electron chi connectivity index (χ3n) is 4.54. The SMILES string of the molecule is CC(CCc1ccccc1)C(=O)c1ccc(OCc2ccccc2)cc1. The Morgan fingerprint density at radius 1 is 0.808 bits per heavy atom. The first-order valence-corrected chi connectivity index (χ1v) is 9.07. The molecule has 0 N–H and O–H groups in total. The second-order valence-corrected chi connectivity index (χ2v) is 6.59. The Morgan fingerprint density at radius 3 is 2.00 bits per heavy atom. The summed E-state index contributed by atoms with van der Waals surface area (Å²) in [5, 5.41) is 0. The van der Waals surface area contributed by atoms with Crippen molar-refractivity contribution in [3.8, 4) is 5.75 Å². The highest BCUT2D eigenvalue weighted by Gasteiger charge is 2.15. The molecule has 3 aromatic carbocycles. The van der Waals surface area contributed by atoms with Crippen LogP contribution in [-0.4, -0.2) is 5.78 Å². The maximum atomic E-state index is 12.6. The van der Waals surface area contributed by atoms with Crippen molar-refractivity contribution in [1.82, 2.24) is 0 Å². The Morgan fingerprint density at radius 2 is 1.38 bits per heavy atom. The number of carbonyl (C=O) groups excluding carboxylic acids is 1. The van der Waals surface area contributed by atoms with Gasteiger partial charge in [0, 0.05) is 11.5 Å². The lowest BCUT2D eigenvalue weighted by Gasteiger charge is -2.11. The molecule has 3 aromatic rings. The molecule has 0 radical (unpaired) electrons. The van der Waals surface area contributed by atoms with E-state index in [2.05, 4.69) is 12.1 Å². The Kier molecular flexibility index (Phi) is 6.21. The van der Waals surface area contributed by atoms with Gasteiger partial charge < -0.3 is 4.74 Å². The van der Waals surface area contributed by atoms with Gasteiger partial charge in [0.05, 0.1) is 0 Å². The summed E-state index contributed by atoms with van der Waals surface area (Å²) >= 11 is 0. The summed E-state index contributed by atoms with van der Waals surface area (Å²) in [5.74, 6) is 0.976. The molecule has 26 heavy (non-hydrogen) atoms. The van der Waals surface area contributed by atoms with Crippen LogP contribution in [-0.2, 0) is 13.0 Å². The number of aryl methyl sites for hydroxylation is 1. The van der Waals surface area contributed by atoms with Crippen molar-refractivity contribution in [2.24, 2.45) is 5.92 Å². The summed E-state index contributed by atoms with van der Waals surface area (Å²) < 4.78 is 5.78.